The van der Waals surface area contributed by atoms with Crippen molar-refractivity contribution < 1.29 is 4.79 Å². The van der Waals surface area contributed by atoms with Gasteiger partial charge in [0.25, 0.3) is 5.91 Å². The Kier molecular flexibility index (Phi) is 4.45. The number of hydrogen-bond donors (Lipinski definition) is 1. The van der Waals surface area contributed by atoms with E-state index in [0.717, 1.165) is 0 Å². The lowest BCUT2D eigenvalue weighted by molar-refractivity contribution is 0.0786. The van der Waals surface area contributed by atoms with Crippen molar-refractivity contribution >= 4 is 5.91 Å². The maximum atomic E-state index is 13.0. The molecule has 7 nitrogen and oxygen atoms in total. The fraction of sp³-hybridized carbons (Fsp3) is 0.263. The summed E-state index contributed by atoms with van der Waals surface area (Å²) in [6.07, 6.45) is 4.62. The van der Waals surface area contributed by atoms with E-state index in [1.54, 1.807) is 24.7 Å². The molecular weight excluding hydrogens is 328 g/mol. The first kappa shape index (κ1) is 16.4. The Hall–Kier alpha value is -3.06. The highest BCUT2D eigenvalue weighted by Crippen LogP contribution is 2.32. The van der Waals surface area contributed by atoms with Crippen LogP contribution in [0.2, 0.25) is 0 Å². The monoisotopic (exact) mass is 348 g/mol. The molecule has 0 unspecified atom stereocenters. The molecule has 0 radical (unpaired) electrons. The summed E-state index contributed by atoms with van der Waals surface area (Å²) < 4.78 is 1.54. The fourth-order valence-electron chi connectivity index (χ4n) is 3.54. The number of rotatable bonds is 4. The second-order valence-corrected chi connectivity index (χ2v) is 6.47. The van der Waals surface area contributed by atoms with E-state index >= 15 is 0 Å². The number of pyridine rings is 1. The molecule has 2 N–H and O–H groups in total. The number of nitrogens with zero attached hydrogens (tertiary/aromatic N) is 5. The summed E-state index contributed by atoms with van der Waals surface area (Å²) in [7, 11) is 0. The summed E-state index contributed by atoms with van der Waals surface area (Å²) in [6, 6.07) is 13.7. The Morgan fingerprint density at radius 3 is 2.77 bits per heavy atom. The van der Waals surface area contributed by atoms with Crippen LogP contribution >= 0.6 is 0 Å². The van der Waals surface area contributed by atoms with Gasteiger partial charge in [-0.2, -0.15) is 5.10 Å². The maximum absolute atomic E-state index is 13.0. The Morgan fingerprint density at radius 1 is 1.19 bits per heavy atom. The minimum Gasteiger partial charge on any atom is -0.338 e. The van der Waals surface area contributed by atoms with Gasteiger partial charge in [0.05, 0.1) is 0 Å². The lowest BCUT2D eigenvalue weighted by Gasteiger charge is -2.17. The third-order valence-corrected chi connectivity index (χ3v) is 4.90. The van der Waals surface area contributed by atoms with Crippen LogP contribution in [0.4, 0.5) is 0 Å². The van der Waals surface area contributed by atoms with Crippen molar-refractivity contribution in [2.24, 2.45) is 11.7 Å². The number of aromatic nitrogens is 4. The molecular formula is C19H20N6O. The molecule has 3 heterocycles. The molecule has 7 heteroatoms. The summed E-state index contributed by atoms with van der Waals surface area (Å²) in [5.74, 6) is 1.09. The summed E-state index contributed by atoms with van der Waals surface area (Å²) in [4.78, 5) is 23.1. The summed E-state index contributed by atoms with van der Waals surface area (Å²) in [5.41, 5.74) is 7.81. The number of nitrogens with two attached hydrogens (primary N) is 1. The normalized spacial score (nSPS) is 19.7. The van der Waals surface area contributed by atoms with Gasteiger partial charge < -0.3 is 10.6 Å². The van der Waals surface area contributed by atoms with E-state index in [1.165, 1.54) is 16.6 Å². The van der Waals surface area contributed by atoms with Gasteiger partial charge in [-0.15, -0.1) is 0 Å². The molecule has 2 aromatic heterocycles. The lowest BCUT2D eigenvalue weighted by atomic mass is 9.89. The zero-order chi connectivity index (χ0) is 17.9. The van der Waals surface area contributed by atoms with Gasteiger partial charge in [-0.1, -0.05) is 30.3 Å². The number of carbonyl (C=O) groups excluding carboxylic acids is 1. The molecule has 0 aliphatic carbocycles. The van der Waals surface area contributed by atoms with E-state index in [2.05, 4.69) is 27.2 Å². The van der Waals surface area contributed by atoms with Crippen LogP contribution in [0.25, 0.3) is 5.82 Å². The van der Waals surface area contributed by atoms with Crippen molar-refractivity contribution in [3.63, 3.8) is 0 Å². The second kappa shape index (κ2) is 7.05. The Labute approximate surface area is 151 Å². The fourth-order valence-corrected chi connectivity index (χ4v) is 3.54. The van der Waals surface area contributed by atoms with Crippen molar-refractivity contribution in [1.82, 2.24) is 24.6 Å². The topological polar surface area (TPSA) is 89.9 Å². The maximum Gasteiger partial charge on any atom is 0.254 e. The number of hydrogen-bond acceptors (Lipinski definition) is 5. The number of amides is 1. The Morgan fingerprint density at radius 2 is 2.04 bits per heavy atom. The summed E-state index contributed by atoms with van der Waals surface area (Å²) in [5, 5.41) is 4.06. The van der Waals surface area contributed by atoms with Crippen molar-refractivity contribution in [3.05, 3.63) is 72.4 Å². The first-order chi connectivity index (χ1) is 12.8. The highest BCUT2D eigenvalue weighted by atomic mass is 16.2. The molecule has 132 valence electrons. The molecule has 4 rings (SSSR count). The van der Waals surface area contributed by atoms with Crippen LogP contribution in [0.5, 0.6) is 0 Å². The number of carbonyl (C=O) groups is 1. The van der Waals surface area contributed by atoms with Crippen LogP contribution in [-0.4, -0.2) is 50.2 Å². The lowest BCUT2D eigenvalue weighted by Crippen LogP contribution is -2.30. The van der Waals surface area contributed by atoms with Gasteiger partial charge in [0.1, 0.15) is 12.7 Å². The van der Waals surface area contributed by atoms with E-state index in [-0.39, 0.29) is 17.7 Å². The quantitative estimate of drug-likeness (QED) is 0.771. The Bertz CT molecular complexity index is 880. The van der Waals surface area contributed by atoms with Gasteiger partial charge in [-0.25, -0.2) is 14.6 Å². The average Bonchev–Trinajstić information content (AvgIpc) is 3.38. The zero-order valence-corrected chi connectivity index (χ0v) is 14.3. The van der Waals surface area contributed by atoms with Crippen molar-refractivity contribution in [3.8, 4) is 5.82 Å². The van der Waals surface area contributed by atoms with Crippen LogP contribution < -0.4 is 5.73 Å². The minimum absolute atomic E-state index is 0.00866. The van der Waals surface area contributed by atoms with Crippen molar-refractivity contribution in [1.29, 1.82) is 0 Å². The predicted molar refractivity (Wildman–Crippen MR) is 96.8 cm³/mol. The van der Waals surface area contributed by atoms with E-state index < -0.39 is 0 Å². The average molecular weight is 348 g/mol. The van der Waals surface area contributed by atoms with Crippen molar-refractivity contribution in [2.45, 2.75) is 5.92 Å². The highest BCUT2D eigenvalue weighted by Gasteiger charge is 2.35. The van der Waals surface area contributed by atoms with E-state index in [1.807, 2.05) is 23.1 Å². The molecule has 1 aliphatic rings. The van der Waals surface area contributed by atoms with Crippen LogP contribution in [0.1, 0.15) is 21.8 Å². The largest absolute Gasteiger partial charge is 0.338 e. The Balaban J connectivity index is 1.56. The smallest absolute Gasteiger partial charge is 0.254 e. The van der Waals surface area contributed by atoms with Crippen molar-refractivity contribution in [2.75, 3.05) is 19.6 Å². The minimum atomic E-state index is -0.00866. The number of likely N-dealkylation sites (tertiary alicyclic amines) is 1. The first-order valence-electron chi connectivity index (χ1n) is 8.61. The van der Waals surface area contributed by atoms with Gasteiger partial charge in [0.15, 0.2) is 5.82 Å². The molecule has 3 aromatic rings. The van der Waals surface area contributed by atoms with Crippen LogP contribution in [0.3, 0.4) is 0 Å². The summed E-state index contributed by atoms with van der Waals surface area (Å²) in [6.45, 7) is 1.89. The van der Waals surface area contributed by atoms with E-state index in [4.69, 9.17) is 5.73 Å². The second-order valence-electron chi connectivity index (χ2n) is 6.47. The van der Waals surface area contributed by atoms with Crippen LogP contribution in [0, 0.1) is 5.92 Å². The SMILES string of the molecule is NC[C@@H]1CN(C(=O)c2ccnc(-n3cncn3)c2)C[C@H]1c1ccccc1. The molecule has 1 aromatic carbocycles. The molecule has 0 saturated carbocycles. The van der Waals surface area contributed by atoms with Gasteiger partial charge in [0.2, 0.25) is 0 Å². The van der Waals surface area contributed by atoms with Gasteiger partial charge in [-0.05, 0) is 30.2 Å². The van der Waals surface area contributed by atoms with Gasteiger partial charge in [-0.3, -0.25) is 4.79 Å². The molecule has 2 atom stereocenters. The summed E-state index contributed by atoms with van der Waals surface area (Å²) >= 11 is 0. The molecule has 1 amide bonds. The molecule has 0 bridgehead atoms. The third kappa shape index (κ3) is 3.09. The molecule has 1 saturated heterocycles. The third-order valence-electron chi connectivity index (χ3n) is 4.90. The van der Waals surface area contributed by atoms with Crippen LogP contribution in [0.15, 0.2) is 61.3 Å². The molecule has 1 fully saturated rings. The molecule has 26 heavy (non-hydrogen) atoms. The first-order valence-corrected chi connectivity index (χ1v) is 8.61. The zero-order valence-electron chi connectivity index (χ0n) is 14.3. The van der Waals surface area contributed by atoms with Crippen LogP contribution in [-0.2, 0) is 0 Å². The predicted octanol–water partition coefficient (Wildman–Crippen LogP) is 1.48. The number of benzene rings is 1. The van der Waals surface area contributed by atoms with E-state index in [9.17, 15) is 4.79 Å². The standard InChI is InChI=1S/C19H20N6O/c20-9-16-10-24(11-17(16)14-4-2-1-3-5-14)19(26)15-6-7-22-18(8-15)25-13-21-12-23-25/h1-8,12-13,16-17H,9-11,20H2/t16-,17+/m1/s1. The highest BCUT2D eigenvalue weighted by molar-refractivity contribution is 5.94. The molecule has 0 spiro atoms. The van der Waals surface area contributed by atoms with Gasteiger partial charge >= 0.3 is 0 Å². The van der Waals surface area contributed by atoms with E-state index in [0.29, 0.717) is 31.0 Å². The van der Waals surface area contributed by atoms with Gasteiger partial charge in [0, 0.05) is 30.8 Å². The molecule has 1 aliphatic heterocycles.